The molecule has 0 unspecified atom stereocenters. The summed E-state index contributed by atoms with van der Waals surface area (Å²) in [5.41, 5.74) is -0.554. The minimum atomic E-state index is -0.980. The molecule has 4 rings (SSSR count). The van der Waals surface area contributed by atoms with Crippen LogP contribution in [0, 0.1) is 5.92 Å². The van der Waals surface area contributed by atoms with E-state index in [9.17, 15) is 14.4 Å². The van der Waals surface area contributed by atoms with Gasteiger partial charge in [-0.1, -0.05) is 6.58 Å². The van der Waals surface area contributed by atoms with Gasteiger partial charge in [0.1, 0.15) is 18.3 Å². The predicted octanol–water partition coefficient (Wildman–Crippen LogP) is 2.00. The minimum absolute atomic E-state index is 0.166. The highest BCUT2D eigenvalue weighted by molar-refractivity contribution is 5.91. The Bertz CT molecular complexity index is 846. The van der Waals surface area contributed by atoms with Gasteiger partial charge >= 0.3 is 17.9 Å². The lowest BCUT2D eigenvalue weighted by molar-refractivity contribution is -0.159. The number of ether oxygens (including phenoxy) is 5. The van der Waals surface area contributed by atoms with E-state index in [4.69, 9.17) is 23.7 Å². The van der Waals surface area contributed by atoms with Crippen LogP contribution in [-0.2, 0) is 38.1 Å². The molecular weight excluding hydrogens is 392 g/mol. The summed E-state index contributed by atoms with van der Waals surface area (Å²) in [5.74, 6) is -1.96. The second kappa shape index (κ2) is 6.92. The summed E-state index contributed by atoms with van der Waals surface area (Å²) in [6.45, 7) is 12.5. The van der Waals surface area contributed by atoms with Crippen LogP contribution in [-0.4, -0.2) is 59.6 Å². The Morgan fingerprint density at radius 1 is 1.23 bits per heavy atom. The number of carbonyl (C=O) groups is 3. The van der Waals surface area contributed by atoms with E-state index in [-0.39, 0.29) is 17.8 Å². The average Bonchev–Trinajstić information content (AvgIpc) is 3.43. The molecule has 164 valence electrons. The van der Waals surface area contributed by atoms with Crippen molar-refractivity contribution in [2.24, 2.45) is 5.92 Å². The van der Waals surface area contributed by atoms with Crippen molar-refractivity contribution in [2.45, 2.75) is 89.2 Å². The summed E-state index contributed by atoms with van der Waals surface area (Å²) in [4.78, 5) is 36.7. The molecule has 0 N–H and O–H groups in total. The Morgan fingerprint density at radius 3 is 2.50 bits per heavy atom. The zero-order valence-electron chi connectivity index (χ0n) is 17.9. The monoisotopic (exact) mass is 420 g/mol. The van der Waals surface area contributed by atoms with Gasteiger partial charge in [0.15, 0.2) is 5.60 Å². The quantitative estimate of drug-likeness (QED) is 0.225. The molecule has 0 radical (unpaired) electrons. The summed E-state index contributed by atoms with van der Waals surface area (Å²) in [6.07, 6.45) is 0.384. The van der Waals surface area contributed by atoms with Crippen LogP contribution >= 0.6 is 0 Å². The minimum Gasteiger partial charge on any atom is -0.459 e. The van der Waals surface area contributed by atoms with Crippen LogP contribution < -0.4 is 0 Å². The lowest BCUT2D eigenvalue weighted by atomic mass is 9.82. The van der Waals surface area contributed by atoms with E-state index in [1.807, 2.05) is 13.8 Å². The van der Waals surface area contributed by atoms with Gasteiger partial charge in [0, 0.05) is 25.3 Å². The number of carbonyl (C=O) groups excluding carboxylic acids is 3. The van der Waals surface area contributed by atoms with Gasteiger partial charge in [-0.05, 0) is 39.3 Å². The Morgan fingerprint density at radius 2 is 1.90 bits per heavy atom. The van der Waals surface area contributed by atoms with E-state index in [1.165, 1.54) is 6.92 Å². The molecule has 3 heterocycles. The fourth-order valence-corrected chi connectivity index (χ4v) is 4.48. The molecule has 0 saturated carbocycles. The third-order valence-electron chi connectivity index (χ3n) is 6.78. The summed E-state index contributed by atoms with van der Waals surface area (Å²) < 4.78 is 28.3. The third kappa shape index (κ3) is 3.56. The van der Waals surface area contributed by atoms with Crippen LogP contribution in [0.4, 0.5) is 0 Å². The molecule has 3 fully saturated rings. The van der Waals surface area contributed by atoms with Crippen LogP contribution in [0.25, 0.3) is 0 Å². The van der Waals surface area contributed by atoms with Crippen LogP contribution in [0.3, 0.4) is 0 Å². The van der Waals surface area contributed by atoms with Crippen molar-refractivity contribution in [3.63, 3.8) is 0 Å². The molecule has 0 spiro atoms. The first-order valence-corrected chi connectivity index (χ1v) is 10.3. The lowest BCUT2D eigenvalue weighted by Gasteiger charge is -2.30. The van der Waals surface area contributed by atoms with Crippen molar-refractivity contribution in [1.82, 2.24) is 0 Å². The molecule has 1 aliphatic carbocycles. The smallest absolute Gasteiger partial charge is 0.341 e. The van der Waals surface area contributed by atoms with Crippen molar-refractivity contribution in [1.29, 1.82) is 0 Å². The van der Waals surface area contributed by atoms with E-state index >= 15 is 0 Å². The van der Waals surface area contributed by atoms with Gasteiger partial charge in [0.25, 0.3) is 0 Å². The fraction of sp³-hybridized carbons (Fsp3) is 0.682. The van der Waals surface area contributed by atoms with Crippen LogP contribution in [0.1, 0.15) is 47.5 Å². The van der Waals surface area contributed by atoms with Gasteiger partial charge in [0.05, 0.1) is 23.7 Å². The third-order valence-corrected chi connectivity index (χ3v) is 6.78. The molecule has 0 aromatic heterocycles. The first-order valence-electron chi connectivity index (χ1n) is 10.3. The molecule has 4 aliphatic rings. The molecule has 0 amide bonds. The van der Waals surface area contributed by atoms with Gasteiger partial charge in [0.2, 0.25) is 0 Å². The SMILES string of the molecule is C=C1C(=O)O[C@@H]2/C=C(/C)[C@@H](OC(C)=O)C[C@H]3O[C@]3(C)C[C@@H](OC(=O)[C@]3(C)O[C@@H]3C)[C@@H]12. The highest BCUT2D eigenvalue weighted by atomic mass is 16.7. The van der Waals surface area contributed by atoms with Crippen LogP contribution in [0.5, 0.6) is 0 Å². The number of esters is 3. The Kier molecular flexibility index (Phi) is 4.86. The number of hydrogen-bond acceptors (Lipinski definition) is 8. The zero-order chi connectivity index (χ0) is 22.0. The molecular formula is C22H28O8. The van der Waals surface area contributed by atoms with E-state index in [0.29, 0.717) is 12.8 Å². The topological polar surface area (TPSA) is 104 Å². The fourth-order valence-electron chi connectivity index (χ4n) is 4.48. The summed E-state index contributed by atoms with van der Waals surface area (Å²) in [6, 6.07) is 0. The van der Waals surface area contributed by atoms with Gasteiger partial charge in [-0.3, -0.25) is 4.79 Å². The first-order chi connectivity index (χ1) is 13.9. The van der Waals surface area contributed by atoms with Crippen molar-refractivity contribution in [3.05, 3.63) is 23.8 Å². The number of epoxide rings is 2. The van der Waals surface area contributed by atoms with E-state index in [0.717, 1.165) is 5.57 Å². The Balaban J connectivity index is 1.67. The van der Waals surface area contributed by atoms with Gasteiger partial charge in [-0.25, -0.2) is 9.59 Å². The molecule has 8 nitrogen and oxygen atoms in total. The largest absolute Gasteiger partial charge is 0.459 e. The lowest BCUT2D eigenvalue weighted by Crippen LogP contribution is -2.40. The van der Waals surface area contributed by atoms with Crippen molar-refractivity contribution in [3.8, 4) is 0 Å². The maximum Gasteiger partial charge on any atom is 0.341 e. The molecule has 0 bridgehead atoms. The molecule has 8 heteroatoms. The Labute approximate surface area is 175 Å². The standard InChI is InChI=1S/C22H28O8/c1-10-7-15-18(11(2)19(24)27-15)16(28-20(25)22(6)12(3)29-22)9-21(5)17(30-21)8-14(10)26-13(4)23/h7,12,14-18H,2,8-9H2,1,3-6H3/b10-7-/t12-,14+,15-,16-,17-,18+,21-,22-/m1/s1. The highest BCUT2D eigenvalue weighted by Gasteiger charge is 2.61. The summed E-state index contributed by atoms with van der Waals surface area (Å²) >= 11 is 0. The van der Waals surface area contributed by atoms with Crippen LogP contribution in [0.15, 0.2) is 23.8 Å². The van der Waals surface area contributed by atoms with Gasteiger partial charge in [-0.2, -0.15) is 0 Å². The molecule has 3 aliphatic heterocycles. The predicted molar refractivity (Wildman–Crippen MR) is 103 cm³/mol. The average molecular weight is 420 g/mol. The summed E-state index contributed by atoms with van der Waals surface area (Å²) in [7, 11) is 0. The maximum absolute atomic E-state index is 12.8. The highest BCUT2D eigenvalue weighted by Crippen LogP contribution is 2.49. The normalized spacial score (nSPS) is 46.5. The maximum atomic E-state index is 12.8. The molecule has 30 heavy (non-hydrogen) atoms. The van der Waals surface area contributed by atoms with Gasteiger partial charge < -0.3 is 23.7 Å². The van der Waals surface area contributed by atoms with Gasteiger partial charge in [-0.15, -0.1) is 0 Å². The molecule has 0 aromatic rings. The first kappa shape index (κ1) is 21.1. The van der Waals surface area contributed by atoms with E-state index in [2.05, 4.69) is 6.58 Å². The zero-order valence-corrected chi connectivity index (χ0v) is 17.9. The van der Waals surface area contributed by atoms with Crippen LogP contribution in [0.2, 0.25) is 0 Å². The molecule has 0 aromatic carbocycles. The molecule has 8 atom stereocenters. The second-order valence-electron chi connectivity index (χ2n) is 9.10. The van der Waals surface area contributed by atoms with Crippen molar-refractivity contribution >= 4 is 17.9 Å². The van der Waals surface area contributed by atoms with Crippen molar-refractivity contribution in [2.75, 3.05) is 0 Å². The van der Waals surface area contributed by atoms with Crippen molar-refractivity contribution < 1.29 is 38.1 Å². The molecule has 3 saturated heterocycles. The van der Waals surface area contributed by atoms with E-state index < -0.39 is 53.3 Å². The number of fused-ring (bicyclic) bond motifs is 2. The second-order valence-corrected chi connectivity index (χ2v) is 9.10. The Hall–Kier alpha value is -2.19. The number of hydrogen-bond donors (Lipinski definition) is 0. The number of rotatable bonds is 3. The summed E-state index contributed by atoms with van der Waals surface area (Å²) in [5, 5.41) is 0. The van der Waals surface area contributed by atoms with E-state index in [1.54, 1.807) is 19.9 Å².